The van der Waals surface area contributed by atoms with Crippen LogP contribution in [0.5, 0.6) is 5.75 Å². The SMILES string of the molecule is CCOC(=O)Nc1nn(CN2CCC(CCc3ccc(OC)cc3)CC2)c(=S)s1. The Kier molecular flexibility index (Phi) is 8.02. The Bertz CT molecular complexity index is 842. The highest BCUT2D eigenvalue weighted by Gasteiger charge is 2.20. The van der Waals surface area contributed by atoms with Crippen LogP contribution in [-0.2, 0) is 17.8 Å². The molecule has 1 aromatic heterocycles. The van der Waals surface area contributed by atoms with Crippen molar-refractivity contribution >= 4 is 34.8 Å². The van der Waals surface area contributed by atoms with Gasteiger partial charge in [0.25, 0.3) is 0 Å². The molecule has 2 aromatic rings. The number of aromatic nitrogens is 2. The third-order valence-corrected chi connectivity index (χ3v) is 6.36. The Morgan fingerprint density at radius 2 is 2.03 bits per heavy atom. The van der Waals surface area contributed by atoms with E-state index in [0.29, 0.717) is 22.4 Å². The van der Waals surface area contributed by atoms with Crippen molar-refractivity contribution in [2.45, 2.75) is 39.3 Å². The Balaban J connectivity index is 1.43. The molecule has 1 saturated heterocycles. The monoisotopic (exact) mass is 436 g/mol. The average Bonchev–Trinajstić information content (AvgIpc) is 3.06. The second kappa shape index (κ2) is 10.7. The van der Waals surface area contributed by atoms with Gasteiger partial charge in [0.05, 0.1) is 20.4 Å². The predicted molar refractivity (Wildman–Crippen MR) is 117 cm³/mol. The third kappa shape index (κ3) is 6.52. The maximum atomic E-state index is 11.5. The van der Waals surface area contributed by atoms with Gasteiger partial charge in [0.15, 0.2) is 3.95 Å². The molecule has 0 aliphatic carbocycles. The lowest BCUT2D eigenvalue weighted by atomic mass is 9.91. The zero-order valence-corrected chi connectivity index (χ0v) is 18.6. The van der Waals surface area contributed by atoms with Gasteiger partial charge in [-0.05, 0) is 68.4 Å². The number of piperidine rings is 1. The number of likely N-dealkylation sites (tertiary alicyclic amines) is 1. The number of nitrogens with one attached hydrogen (secondary N) is 1. The lowest BCUT2D eigenvalue weighted by Gasteiger charge is -2.31. The standard InChI is InChI=1S/C20H28N4O3S2/c1-3-27-19(25)21-18-22-24(20(28)29-18)14-23-12-10-16(11-13-23)5-4-15-6-8-17(26-2)9-7-15/h6-9,16H,3-5,10-14H2,1-2H3,(H,21,22,25). The number of aryl methyl sites for hydroxylation is 1. The summed E-state index contributed by atoms with van der Waals surface area (Å²) in [5, 5.41) is 7.50. The summed E-state index contributed by atoms with van der Waals surface area (Å²) in [6.07, 6.45) is 4.18. The van der Waals surface area contributed by atoms with Crippen LogP contribution in [0.4, 0.5) is 9.93 Å². The number of benzene rings is 1. The number of hydrogen-bond acceptors (Lipinski definition) is 7. The predicted octanol–water partition coefficient (Wildman–Crippen LogP) is 4.55. The van der Waals surface area contributed by atoms with Gasteiger partial charge in [0.2, 0.25) is 5.13 Å². The number of hydrogen-bond donors (Lipinski definition) is 1. The van der Waals surface area contributed by atoms with Crippen LogP contribution in [0, 0.1) is 9.87 Å². The van der Waals surface area contributed by atoms with Crippen LogP contribution in [0.25, 0.3) is 0 Å². The Hall–Kier alpha value is -1.97. The minimum Gasteiger partial charge on any atom is -0.497 e. The van der Waals surface area contributed by atoms with Gasteiger partial charge in [-0.2, -0.15) is 0 Å². The van der Waals surface area contributed by atoms with Gasteiger partial charge in [-0.15, -0.1) is 5.10 Å². The summed E-state index contributed by atoms with van der Waals surface area (Å²) in [5.41, 5.74) is 1.36. The molecule has 1 fully saturated rings. The van der Waals surface area contributed by atoms with E-state index in [1.54, 1.807) is 18.7 Å². The molecule has 0 bridgehead atoms. The van der Waals surface area contributed by atoms with Crippen molar-refractivity contribution in [3.8, 4) is 5.75 Å². The molecule has 0 spiro atoms. The summed E-state index contributed by atoms with van der Waals surface area (Å²) in [6, 6.07) is 8.36. The van der Waals surface area contributed by atoms with Gasteiger partial charge in [-0.1, -0.05) is 23.5 Å². The first-order chi connectivity index (χ1) is 14.1. The molecule has 29 heavy (non-hydrogen) atoms. The number of amides is 1. The topological polar surface area (TPSA) is 68.6 Å². The zero-order chi connectivity index (χ0) is 20.6. The molecule has 3 rings (SSSR count). The van der Waals surface area contributed by atoms with E-state index in [4.69, 9.17) is 21.7 Å². The molecule has 158 valence electrons. The summed E-state index contributed by atoms with van der Waals surface area (Å²) in [7, 11) is 1.69. The highest BCUT2D eigenvalue weighted by molar-refractivity contribution is 7.73. The smallest absolute Gasteiger partial charge is 0.413 e. The van der Waals surface area contributed by atoms with Gasteiger partial charge in [-0.3, -0.25) is 10.2 Å². The highest BCUT2D eigenvalue weighted by Crippen LogP contribution is 2.24. The van der Waals surface area contributed by atoms with E-state index < -0.39 is 6.09 Å². The molecule has 0 saturated carbocycles. The number of nitrogens with zero attached hydrogens (tertiary/aromatic N) is 3. The van der Waals surface area contributed by atoms with Crippen molar-refractivity contribution in [1.29, 1.82) is 0 Å². The van der Waals surface area contributed by atoms with E-state index in [2.05, 4.69) is 27.4 Å². The molecule has 1 amide bonds. The minimum absolute atomic E-state index is 0.325. The lowest BCUT2D eigenvalue weighted by molar-refractivity contribution is 0.137. The number of carbonyl (C=O) groups excluding carboxylic acids is 1. The van der Waals surface area contributed by atoms with Crippen LogP contribution >= 0.6 is 23.6 Å². The molecule has 0 radical (unpaired) electrons. The Labute approximate surface area is 180 Å². The van der Waals surface area contributed by atoms with Crippen molar-refractivity contribution in [3.63, 3.8) is 0 Å². The summed E-state index contributed by atoms with van der Waals surface area (Å²) < 4.78 is 12.5. The van der Waals surface area contributed by atoms with E-state index >= 15 is 0 Å². The number of anilines is 1. The van der Waals surface area contributed by atoms with Crippen LogP contribution in [0.2, 0.25) is 0 Å². The molecule has 0 atom stereocenters. The van der Waals surface area contributed by atoms with Crippen molar-refractivity contribution in [2.24, 2.45) is 5.92 Å². The first-order valence-electron chi connectivity index (χ1n) is 9.94. The third-order valence-electron chi connectivity index (χ3n) is 5.13. The van der Waals surface area contributed by atoms with Crippen molar-refractivity contribution in [1.82, 2.24) is 14.7 Å². The first-order valence-corrected chi connectivity index (χ1v) is 11.2. The molecule has 0 unspecified atom stereocenters. The van der Waals surface area contributed by atoms with Gasteiger partial charge in [0, 0.05) is 13.1 Å². The van der Waals surface area contributed by atoms with Gasteiger partial charge >= 0.3 is 6.09 Å². The van der Waals surface area contributed by atoms with Crippen LogP contribution in [0.3, 0.4) is 0 Å². The number of methoxy groups -OCH3 is 1. The van der Waals surface area contributed by atoms with Crippen LogP contribution in [0.1, 0.15) is 31.7 Å². The van der Waals surface area contributed by atoms with Gasteiger partial charge in [0.1, 0.15) is 5.75 Å². The van der Waals surface area contributed by atoms with Crippen molar-refractivity contribution in [3.05, 3.63) is 33.8 Å². The summed E-state index contributed by atoms with van der Waals surface area (Å²) in [6.45, 7) is 4.82. The summed E-state index contributed by atoms with van der Waals surface area (Å²) >= 11 is 6.67. The highest BCUT2D eigenvalue weighted by atomic mass is 32.1. The van der Waals surface area contributed by atoms with Gasteiger partial charge in [-0.25, -0.2) is 9.48 Å². The molecule has 2 heterocycles. The van der Waals surface area contributed by atoms with E-state index in [1.807, 2.05) is 12.1 Å². The molecule has 1 N–H and O–H groups in total. The summed E-state index contributed by atoms with van der Waals surface area (Å²) in [4.78, 5) is 13.9. The Morgan fingerprint density at radius 1 is 1.31 bits per heavy atom. The van der Waals surface area contributed by atoms with E-state index in [9.17, 15) is 4.79 Å². The normalized spacial score (nSPS) is 15.2. The molecule has 1 aromatic carbocycles. The molecular weight excluding hydrogens is 408 g/mol. The molecular formula is C20H28N4O3S2. The van der Waals surface area contributed by atoms with E-state index in [0.717, 1.165) is 31.2 Å². The average molecular weight is 437 g/mol. The van der Waals surface area contributed by atoms with E-state index in [-0.39, 0.29) is 0 Å². The second-order valence-corrected chi connectivity index (χ2v) is 8.73. The molecule has 1 aliphatic heterocycles. The quantitative estimate of drug-likeness (QED) is 0.612. The van der Waals surface area contributed by atoms with Crippen LogP contribution in [-0.4, -0.2) is 47.6 Å². The maximum Gasteiger partial charge on any atom is 0.413 e. The zero-order valence-electron chi connectivity index (χ0n) is 16.9. The second-order valence-electron chi connectivity index (χ2n) is 7.11. The molecule has 9 heteroatoms. The fraction of sp³-hybridized carbons (Fsp3) is 0.550. The molecule has 7 nitrogen and oxygen atoms in total. The number of rotatable bonds is 8. The summed E-state index contributed by atoms with van der Waals surface area (Å²) in [5.74, 6) is 1.65. The van der Waals surface area contributed by atoms with Crippen molar-refractivity contribution < 1.29 is 14.3 Å². The largest absolute Gasteiger partial charge is 0.497 e. The van der Waals surface area contributed by atoms with Crippen LogP contribution in [0.15, 0.2) is 24.3 Å². The van der Waals surface area contributed by atoms with Gasteiger partial charge < -0.3 is 9.47 Å². The molecule has 1 aliphatic rings. The number of carbonyl (C=O) groups is 1. The fourth-order valence-corrected chi connectivity index (χ4v) is 4.45. The first kappa shape index (κ1) is 21.7. The van der Waals surface area contributed by atoms with E-state index in [1.165, 1.54) is 36.2 Å². The van der Waals surface area contributed by atoms with Crippen molar-refractivity contribution in [2.75, 3.05) is 32.1 Å². The number of ether oxygens (including phenoxy) is 2. The van der Waals surface area contributed by atoms with Crippen LogP contribution < -0.4 is 10.1 Å². The minimum atomic E-state index is -0.499. The lowest BCUT2D eigenvalue weighted by Crippen LogP contribution is -2.35. The Morgan fingerprint density at radius 3 is 2.69 bits per heavy atom. The fourth-order valence-electron chi connectivity index (χ4n) is 3.47. The maximum absolute atomic E-state index is 11.5.